The first-order chi connectivity index (χ1) is 21.8. The molecule has 8 rings (SSSR count). The Morgan fingerprint density at radius 1 is 0.318 bits per heavy atom. The average Bonchev–Trinajstić information content (AvgIpc) is 3.41. The van der Waals surface area contributed by atoms with E-state index in [1.54, 1.807) is 0 Å². The van der Waals surface area contributed by atoms with Crippen LogP contribution in [0.4, 0.5) is 11.4 Å². The smallest absolute Gasteiger partial charge is 0.0713 e. The largest absolute Gasteiger partial charge is 0.355 e. The molecule has 1 aliphatic carbocycles. The molecule has 1 N–H and O–H groups in total. The predicted molar refractivity (Wildman–Crippen MR) is 184 cm³/mol. The molecule has 0 radical (unpaired) electrons. The van der Waals surface area contributed by atoms with E-state index < -0.39 is 0 Å². The van der Waals surface area contributed by atoms with E-state index in [9.17, 15) is 0 Å². The summed E-state index contributed by atoms with van der Waals surface area (Å²) >= 11 is 0. The molecule has 1 nitrogen and oxygen atoms in total. The third kappa shape index (κ3) is 4.33. The Morgan fingerprint density at radius 3 is 1.27 bits per heavy atom. The molecule has 0 aliphatic heterocycles. The molecule has 0 fully saturated rings. The van der Waals surface area contributed by atoms with E-state index >= 15 is 0 Å². The van der Waals surface area contributed by atoms with Crippen LogP contribution < -0.4 is 5.32 Å². The highest BCUT2D eigenvalue weighted by atomic mass is 14.9. The number of hydrogen-bond acceptors (Lipinski definition) is 1. The van der Waals surface area contributed by atoms with Crippen LogP contribution in [0.2, 0.25) is 0 Å². The summed E-state index contributed by atoms with van der Waals surface area (Å²) in [5.41, 5.74) is 14.3. The summed E-state index contributed by atoms with van der Waals surface area (Å²) in [6.45, 7) is 0. The van der Waals surface area contributed by atoms with Gasteiger partial charge in [0.05, 0.1) is 5.41 Å². The lowest BCUT2D eigenvalue weighted by Crippen LogP contribution is -2.28. The standard InChI is InChI=1S/C43H31N/c1-4-14-31(15-5-1)33-28-34(32-16-6-2-7-17-32)30-38(29-33)44-37-26-24-36(25-27-37)43(35-18-8-3-9-19-35)41-22-12-10-20-39(41)40-21-11-13-23-42(40)43/h1-30,44H. The van der Waals surface area contributed by atoms with E-state index in [1.165, 1.54) is 55.6 Å². The molecule has 1 aliphatic rings. The summed E-state index contributed by atoms with van der Waals surface area (Å²) in [4.78, 5) is 0. The van der Waals surface area contributed by atoms with Crippen LogP contribution in [0.15, 0.2) is 182 Å². The summed E-state index contributed by atoms with van der Waals surface area (Å²) in [7, 11) is 0. The van der Waals surface area contributed by atoms with Gasteiger partial charge in [0.1, 0.15) is 0 Å². The van der Waals surface area contributed by atoms with Crippen molar-refractivity contribution in [3.8, 4) is 33.4 Å². The van der Waals surface area contributed by atoms with Gasteiger partial charge in [0, 0.05) is 11.4 Å². The molecule has 0 saturated carbocycles. The molecule has 7 aromatic rings. The summed E-state index contributed by atoms with van der Waals surface area (Å²) < 4.78 is 0. The molecule has 0 unspecified atom stereocenters. The first-order valence-electron chi connectivity index (χ1n) is 15.2. The SMILES string of the molecule is c1ccc(-c2cc(Nc3ccc(C4(c5ccccc5)c5ccccc5-c5ccccc54)cc3)cc(-c3ccccc3)c2)cc1. The fraction of sp³-hybridized carbons (Fsp3) is 0.0233. The highest BCUT2D eigenvalue weighted by molar-refractivity contribution is 5.86. The first kappa shape index (κ1) is 26.0. The molecule has 44 heavy (non-hydrogen) atoms. The van der Waals surface area contributed by atoms with E-state index in [2.05, 4.69) is 187 Å². The summed E-state index contributed by atoms with van der Waals surface area (Å²) in [6, 6.07) is 65.7. The zero-order valence-electron chi connectivity index (χ0n) is 24.3. The van der Waals surface area contributed by atoms with Gasteiger partial charge < -0.3 is 5.32 Å². The van der Waals surface area contributed by atoms with Crippen LogP contribution in [-0.2, 0) is 5.41 Å². The van der Waals surface area contributed by atoms with Crippen molar-refractivity contribution >= 4 is 11.4 Å². The third-order valence-corrected chi connectivity index (χ3v) is 8.91. The Kier molecular flexibility index (Phi) is 6.43. The number of anilines is 2. The number of benzene rings is 7. The van der Waals surface area contributed by atoms with Gasteiger partial charge in [-0.3, -0.25) is 0 Å². The molecular formula is C43H31N. The Morgan fingerprint density at radius 2 is 0.750 bits per heavy atom. The van der Waals surface area contributed by atoms with Crippen molar-refractivity contribution in [2.75, 3.05) is 5.32 Å². The molecule has 0 spiro atoms. The lowest BCUT2D eigenvalue weighted by molar-refractivity contribution is 0.768. The van der Waals surface area contributed by atoms with Crippen molar-refractivity contribution in [2.24, 2.45) is 0 Å². The van der Waals surface area contributed by atoms with E-state index in [4.69, 9.17) is 0 Å². The molecule has 0 aromatic heterocycles. The maximum Gasteiger partial charge on any atom is 0.0713 e. The fourth-order valence-electron chi connectivity index (χ4n) is 6.98. The molecule has 0 saturated heterocycles. The zero-order chi connectivity index (χ0) is 29.3. The van der Waals surface area contributed by atoms with Crippen LogP contribution in [0.1, 0.15) is 22.3 Å². The normalized spacial score (nSPS) is 12.7. The van der Waals surface area contributed by atoms with Gasteiger partial charge in [-0.25, -0.2) is 0 Å². The summed E-state index contributed by atoms with van der Waals surface area (Å²) in [6.07, 6.45) is 0. The quantitative estimate of drug-likeness (QED) is 0.213. The number of hydrogen-bond donors (Lipinski definition) is 1. The highest BCUT2D eigenvalue weighted by Crippen LogP contribution is 2.56. The number of rotatable bonds is 6. The van der Waals surface area contributed by atoms with Gasteiger partial charge in [-0.1, -0.05) is 152 Å². The van der Waals surface area contributed by atoms with Crippen molar-refractivity contribution in [1.29, 1.82) is 0 Å². The van der Waals surface area contributed by atoms with E-state index in [1.807, 2.05) is 0 Å². The highest BCUT2D eigenvalue weighted by Gasteiger charge is 2.45. The molecule has 0 atom stereocenters. The predicted octanol–water partition coefficient (Wildman–Crippen LogP) is 11.1. The second kappa shape index (κ2) is 10.9. The van der Waals surface area contributed by atoms with E-state index in [-0.39, 0.29) is 5.41 Å². The van der Waals surface area contributed by atoms with Gasteiger partial charge in [-0.15, -0.1) is 0 Å². The molecule has 208 valence electrons. The maximum atomic E-state index is 3.73. The van der Waals surface area contributed by atoms with Crippen molar-refractivity contribution in [3.05, 3.63) is 204 Å². The molecule has 0 heterocycles. The van der Waals surface area contributed by atoms with Crippen LogP contribution in [0.3, 0.4) is 0 Å². The van der Waals surface area contributed by atoms with Gasteiger partial charge in [-0.05, 0) is 86.0 Å². The fourth-order valence-corrected chi connectivity index (χ4v) is 6.98. The minimum atomic E-state index is -0.388. The van der Waals surface area contributed by atoms with Gasteiger partial charge in [0.15, 0.2) is 0 Å². The van der Waals surface area contributed by atoms with Crippen LogP contribution in [0.25, 0.3) is 33.4 Å². The van der Waals surface area contributed by atoms with Crippen molar-refractivity contribution < 1.29 is 0 Å². The monoisotopic (exact) mass is 561 g/mol. The van der Waals surface area contributed by atoms with Crippen LogP contribution in [0, 0.1) is 0 Å². The third-order valence-electron chi connectivity index (χ3n) is 8.91. The average molecular weight is 562 g/mol. The summed E-state index contributed by atoms with van der Waals surface area (Å²) in [5, 5.41) is 3.73. The van der Waals surface area contributed by atoms with Gasteiger partial charge >= 0.3 is 0 Å². The van der Waals surface area contributed by atoms with Crippen LogP contribution in [-0.4, -0.2) is 0 Å². The Labute approximate surface area is 259 Å². The molecular weight excluding hydrogens is 530 g/mol. The Hall–Kier alpha value is -5.66. The second-order valence-electron chi connectivity index (χ2n) is 11.4. The first-order valence-corrected chi connectivity index (χ1v) is 15.2. The molecule has 0 amide bonds. The van der Waals surface area contributed by atoms with Gasteiger partial charge in [0.2, 0.25) is 0 Å². The van der Waals surface area contributed by atoms with E-state index in [0.717, 1.165) is 11.4 Å². The molecule has 7 aromatic carbocycles. The molecule has 0 bridgehead atoms. The zero-order valence-corrected chi connectivity index (χ0v) is 24.3. The topological polar surface area (TPSA) is 12.0 Å². The lowest BCUT2D eigenvalue weighted by atomic mass is 9.68. The Balaban J connectivity index is 1.23. The minimum absolute atomic E-state index is 0.388. The van der Waals surface area contributed by atoms with E-state index in [0.29, 0.717) is 0 Å². The summed E-state index contributed by atoms with van der Waals surface area (Å²) in [5.74, 6) is 0. The van der Waals surface area contributed by atoms with Crippen molar-refractivity contribution in [1.82, 2.24) is 0 Å². The van der Waals surface area contributed by atoms with Crippen molar-refractivity contribution in [2.45, 2.75) is 5.41 Å². The van der Waals surface area contributed by atoms with Gasteiger partial charge in [0.25, 0.3) is 0 Å². The Bertz CT molecular complexity index is 1960. The van der Waals surface area contributed by atoms with Gasteiger partial charge in [-0.2, -0.15) is 0 Å². The van der Waals surface area contributed by atoms with Crippen LogP contribution >= 0.6 is 0 Å². The minimum Gasteiger partial charge on any atom is -0.355 e. The maximum absolute atomic E-state index is 3.73. The van der Waals surface area contributed by atoms with Crippen LogP contribution in [0.5, 0.6) is 0 Å². The van der Waals surface area contributed by atoms with Crippen molar-refractivity contribution in [3.63, 3.8) is 0 Å². The number of nitrogens with one attached hydrogen (secondary N) is 1. The molecule has 1 heteroatoms. The second-order valence-corrected chi connectivity index (χ2v) is 11.4. The number of fused-ring (bicyclic) bond motifs is 3. The lowest BCUT2D eigenvalue weighted by Gasteiger charge is -2.34.